The maximum Gasteiger partial charge on any atom is 0.185 e. The molecule has 1 aromatic carbocycles. The molecule has 1 saturated heterocycles. The second-order valence-electron chi connectivity index (χ2n) is 10.5. The van der Waals surface area contributed by atoms with Crippen LogP contribution in [0.4, 0.5) is 18.9 Å². The molecule has 41 heavy (non-hydrogen) atoms. The Morgan fingerprint density at radius 2 is 1.85 bits per heavy atom. The van der Waals surface area contributed by atoms with Crippen molar-refractivity contribution in [3.8, 4) is 17.0 Å². The number of benzene rings is 1. The van der Waals surface area contributed by atoms with Crippen LogP contribution in [0.15, 0.2) is 55.1 Å². The van der Waals surface area contributed by atoms with Gasteiger partial charge in [0.05, 0.1) is 23.9 Å². The van der Waals surface area contributed by atoms with Crippen molar-refractivity contribution in [3.63, 3.8) is 0 Å². The number of ether oxygens (including phenoxy) is 1. The molecule has 0 amide bonds. The zero-order valence-corrected chi connectivity index (χ0v) is 22.8. The van der Waals surface area contributed by atoms with Crippen LogP contribution < -0.4 is 15.4 Å². The Morgan fingerprint density at radius 3 is 2.51 bits per heavy atom. The van der Waals surface area contributed by atoms with Gasteiger partial charge in [-0.05, 0) is 38.0 Å². The zero-order chi connectivity index (χ0) is 29.3. The number of carbonyl (C=O) groups is 1. The fourth-order valence-electron chi connectivity index (χ4n) is 5.36. The number of nitrogens with zero attached hydrogens (tertiary/aromatic N) is 6. The van der Waals surface area contributed by atoms with Crippen LogP contribution in [0.25, 0.3) is 11.3 Å². The normalized spacial score (nSPS) is 19.0. The van der Waals surface area contributed by atoms with Crippen LogP contribution in [0.2, 0.25) is 0 Å². The average molecular weight is 566 g/mol. The molecule has 0 unspecified atom stereocenters. The number of halogens is 3. The third-order valence-corrected chi connectivity index (χ3v) is 7.03. The number of hydrogen-bond acceptors (Lipinski definition) is 8. The van der Waals surface area contributed by atoms with Crippen LogP contribution >= 0.6 is 0 Å². The number of pyridine rings is 2. The second kappa shape index (κ2) is 11.7. The maximum atomic E-state index is 14.9. The monoisotopic (exact) mass is 565 g/mol. The Morgan fingerprint density at radius 1 is 1.10 bits per heavy atom. The Bertz CT molecular complexity index is 1510. The highest BCUT2D eigenvalue weighted by Gasteiger charge is 2.35. The standard InChI is InChI=1S/C29H30F3N7O2/c1-16(2)41-19-11-21(31)27(22(32)12-19)28-20(30)4-5-24(36-28)26(40)10-18-13-34-7-6-25(18)38-14-17(3)29(23(33)15-38)39-9-8-35-37-39/h4-9,11-13,16-17,23,29H,10,14-15,33H2,1-3H3/t17-,23+,29-/m0/s1. The van der Waals surface area contributed by atoms with Crippen LogP contribution in [0.1, 0.15) is 42.9 Å². The highest BCUT2D eigenvalue weighted by atomic mass is 19.1. The lowest BCUT2D eigenvalue weighted by atomic mass is 9.89. The van der Waals surface area contributed by atoms with E-state index in [0.29, 0.717) is 18.7 Å². The number of nitrogens with two attached hydrogens (primary N) is 1. The fourth-order valence-corrected chi connectivity index (χ4v) is 5.36. The number of anilines is 1. The van der Waals surface area contributed by atoms with Crippen LogP contribution in [0.3, 0.4) is 0 Å². The molecule has 12 heteroatoms. The Hall–Kier alpha value is -4.32. The van der Waals surface area contributed by atoms with Gasteiger partial charge in [0.15, 0.2) is 5.78 Å². The fraction of sp³-hybridized carbons (Fsp3) is 0.345. The van der Waals surface area contributed by atoms with Crippen molar-refractivity contribution < 1.29 is 22.7 Å². The molecule has 0 spiro atoms. The molecule has 9 nitrogen and oxygen atoms in total. The van der Waals surface area contributed by atoms with E-state index < -0.39 is 34.5 Å². The summed E-state index contributed by atoms with van der Waals surface area (Å²) in [5.41, 5.74) is 6.55. The minimum absolute atomic E-state index is 0.0325. The molecule has 2 N–H and O–H groups in total. The van der Waals surface area contributed by atoms with Crippen LogP contribution in [-0.4, -0.2) is 56.0 Å². The van der Waals surface area contributed by atoms with Crippen molar-refractivity contribution in [2.45, 2.75) is 45.4 Å². The Labute approximate surface area is 235 Å². The van der Waals surface area contributed by atoms with Gasteiger partial charge < -0.3 is 15.4 Å². The van der Waals surface area contributed by atoms with Crippen LogP contribution in [-0.2, 0) is 6.42 Å². The summed E-state index contributed by atoms with van der Waals surface area (Å²) in [5.74, 6) is -3.43. The van der Waals surface area contributed by atoms with Gasteiger partial charge in [0.25, 0.3) is 0 Å². The summed E-state index contributed by atoms with van der Waals surface area (Å²) < 4.78 is 51.7. The molecule has 0 aliphatic carbocycles. The number of rotatable bonds is 8. The molecule has 1 fully saturated rings. The molecule has 1 aliphatic heterocycles. The molecular weight excluding hydrogens is 535 g/mol. The van der Waals surface area contributed by atoms with Crippen LogP contribution in [0.5, 0.6) is 5.75 Å². The maximum absolute atomic E-state index is 14.9. The van der Waals surface area contributed by atoms with Gasteiger partial charge in [-0.25, -0.2) is 22.8 Å². The van der Waals surface area contributed by atoms with Gasteiger partial charge in [-0.1, -0.05) is 12.1 Å². The molecule has 214 valence electrons. The number of ketones is 1. The van der Waals surface area contributed by atoms with E-state index in [2.05, 4.69) is 32.1 Å². The second-order valence-corrected chi connectivity index (χ2v) is 10.5. The molecule has 3 atom stereocenters. The summed E-state index contributed by atoms with van der Waals surface area (Å²) in [6.45, 7) is 6.66. The molecule has 5 rings (SSSR count). The minimum Gasteiger partial charge on any atom is -0.491 e. The van der Waals surface area contributed by atoms with E-state index in [-0.39, 0.29) is 42.0 Å². The van der Waals surface area contributed by atoms with E-state index in [4.69, 9.17) is 10.5 Å². The first-order valence-electron chi connectivity index (χ1n) is 13.3. The Balaban J connectivity index is 1.39. The first-order valence-corrected chi connectivity index (χ1v) is 13.3. The highest BCUT2D eigenvalue weighted by Crippen LogP contribution is 2.33. The number of carbonyl (C=O) groups excluding carboxylic acids is 1. The first kappa shape index (κ1) is 28.2. The highest BCUT2D eigenvalue weighted by molar-refractivity contribution is 5.97. The molecular formula is C29H30F3N7O2. The smallest absolute Gasteiger partial charge is 0.185 e. The number of Topliss-reactive ketones (excluding diaryl/α,β-unsaturated/α-hetero) is 1. The van der Waals surface area contributed by atoms with E-state index in [9.17, 15) is 18.0 Å². The van der Waals surface area contributed by atoms with E-state index in [1.165, 1.54) is 6.07 Å². The van der Waals surface area contributed by atoms with Gasteiger partial charge in [-0.2, -0.15) is 0 Å². The lowest BCUT2D eigenvalue weighted by molar-refractivity contribution is 0.0988. The third-order valence-electron chi connectivity index (χ3n) is 7.03. The predicted octanol–water partition coefficient (Wildman–Crippen LogP) is 4.39. The van der Waals surface area contributed by atoms with Gasteiger partial charge in [-0.3, -0.25) is 9.78 Å². The summed E-state index contributed by atoms with van der Waals surface area (Å²) in [6, 6.07) is 5.64. The van der Waals surface area contributed by atoms with E-state index in [1.807, 2.05) is 6.07 Å². The van der Waals surface area contributed by atoms with Crippen molar-refractivity contribution in [3.05, 3.63) is 83.8 Å². The minimum atomic E-state index is -1.05. The third kappa shape index (κ3) is 5.92. The van der Waals surface area contributed by atoms with Crippen molar-refractivity contribution in [1.82, 2.24) is 25.0 Å². The van der Waals surface area contributed by atoms with Gasteiger partial charge in [-0.15, -0.1) is 5.10 Å². The molecule has 4 heterocycles. The van der Waals surface area contributed by atoms with E-state index in [1.54, 1.807) is 43.3 Å². The molecule has 0 radical (unpaired) electrons. The van der Waals surface area contributed by atoms with Crippen molar-refractivity contribution in [1.29, 1.82) is 0 Å². The summed E-state index contributed by atoms with van der Waals surface area (Å²) in [7, 11) is 0. The number of hydrogen-bond donors (Lipinski definition) is 1. The van der Waals surface area contributed by atoms with Gasteiger partial charge in [0.2, 0.25) is 0 Å². The summed E-state index contributed by atoms with van der Waals surface area (Å²) in [6.07, 6.45) is 6.21. The molecule has 4 aromatic rings. The topological polar surface area (TPSA) is 112 Å². The van der Waals surface area contributed by atoms with E-state index >= 15 is 0 Å². The van der Waals surface area contributed by atoms with Crippen molar-refractivity contribution >= 4 is 11.5 Å². The van der Waals surface area contributed by atoms with Gasteiger partial charge in [0.1, 0.15) is 34.6 Å². The number of piperidine rings is 1. The quantitative estimate of drug-likeness (QED) is 0.313. The van der Waals surface area contributed by atoms with Crippen molar-refractivity contribution in [2.24, 2.45) is 11.7 Å². The molecule has 0 saturated carbocycles. The Kier molecular flexibility index (Phi) is 8.02. The van der Waals surface area contributed by atoms with E-state index in [0.717, 1.165) is 23.9 Å². The number of aromatic nitrogens is 5. The van der Waals surface area contributed by atoms with Crippen molar-refractivity contribution in [2.75, 3.05) is 18.0 Å². The van der Waals surface area contributed by atoms with Crippen LogP contribution in [0, 0.1) is 23.4 Å². The first-order chi connectivity index (χ1) is 19.6. The largest absolute Gasteiger partial charge is 0.491 e. The SMILES string of the molecule is CC(C)Oc1cc(F)c(-c2nc(C(=O)Cc3cnccc3N3C[C@@H](N)[C@@H](n4ccnn4)[C@@H](C)C3)ccc2F)c(F)c1. The summed E-state index contributed by atoms with van der Waals surface area (Å²) in [5, 5.41) is 8.01. The molecule has 1 aliphatic rings. The summed E-state index contributed by atoms with van der Waals surface area (Å²) in [4.78, 5) is 23.7. The average Bonchev–Trinajstić information content (AvgIpc) is 3.43. The lowest BCUT2D eigenvalue weighted by Gasteiger charge is -2.42. The van der Waals surface area contributed by atoms with Gasteiger partial charge in [0, 0.05) is 67.5 Å². The lowest BCUT2D eigenvalue weighted by Crippen LogP contribution is -2.53. The molecule has 0 bridgehead atoms. The zero-order valence-electron chi connectivity index (χ0n) is 22.8. The summed E-state index contributed by atoms with van der Waals surface area (Å²) >= 11 is 0. The van der Waals surface area contributed by atoms with Gasteiger partial charge >= 0.3 is 0 Å². The predicted molar refractivity (Wildman–Crippen MR) is 146 cm³/mol. The molecule has 3 aromatic heterocycles.